The van der Waals surface area contributed by atoms with E-state index in [2.05, 4.69) is 39.2 Å². The van der Waals surface area contributed by atoms with Crippen LogP contribution in [0, 0.1) is 0 Å². The predicted octanol–water partition coefficient (Wildman–Crippen LogP) is 3.29. The minimum atomic E-state index is 0.217. The van der Waals surface area contributed by atoms with Crippen LogP contribution in [0.2, 0.25) is 0 Å². The average Bonchev–Trinajstić information content (AvgIpc) is 3.15. The number of fused-ring (bicyclic) bond motifs is 2. The van der Waals surface area contributed by atoms with Gasteiger partial charge in [0.05, 0.1) is 18.3 Å². The largest absolute Gasteiger partial charge is 0.436 e. The van der Waals surface area contributed by atoms with Crippen LogP contribution in [0.15, 0.2) is 41.1 Å². The lowest BCUT2D eigenvalue weighted by Gasteiger charge is -2.32. The molecule has 3 aromatic heterocycles. The predicted molar refractivity (Wildman–Crippen MR) is 114 cm³/mol. The van der Waals surface area contributed by atoms with Crippen molar-refractivity contribution < 1.29 is 9.15 Å². The number of rotatable bonds is 3. The first kappa shape index (κ1) is 17.7. The summed E-state index contributed by atoms with van der Waals surface area (Å²) in [5.41, 5.74) is 9.38. The number of nitrogens with zero attached hydrogens (tertiary/aromatic N) is 4. The highest BCUT2D eigenvalue weighted by Gasteiger charge is 2.19. The summed E-state index contributed by atoms with van der Waals surface area (Å²) in [6.45, 7) is 4.55. The van der Waals surface area contributed by atoms with Crippen LogP contribution in [-0.4, -0.2) is 47.8 Å². The number of anilines is 3. The van der Waals surface area contributed by atoms with E-state index in [1.807, 2.05) is 19.2 Å². The van der Waals surface area contributed by atoms with Crippen LogP contribution in [0.4, 0.5) is 17.3 Å². The van der Waals surface area contributed by atoms with Crippen molar-refractivity contribution >= 4 is 39.2 Å². The third-order valence-corrected chi connectivity index (χ3v) is 5.24. The van der Waals surface area contributed by atoms with Gasteiger partial charge in [0.2, 0.25) is 5.89 Å². The van der Waals surface area contributed by atoms with Crippen LogP contribution in [0.1, 0.15) is 6.92 Å². The van der Waals surface area contributed by atoms with Gasteiger partial charge in [-0.05, 0) is 31.2 Å². The number of hydrogen-bond acceptors (Lipinski definition) is 8. The summed E-state index contributed by atoms with van der Waals surface area (Å²) in [5.74, 6) is 1.68. The van der Waals surface area contributed by atoms with Gasteiger partial charge in [0.25, 0.3) is 0 Å². The van der Waals surface area contributed by atoms with E-state index in [1.54, 1.807) is 12.4 Å². The van der Waals surface area contributed by atoms with Crippen molar-refractivity contribution in [3.8, 4) is 11.5 Å². The topological polar surface area (TPSA) is 102 Å². The molecule has 0 radical (unpaired) electrons. The third-order valence-electron chi connectivity index (χ3n) is 5.24. The monoisotopic (exact) mass is 390 g/mol. The molecule has 8 nitrogen and oxygen atoms in total. The molecular weight excluding hydrogens is 368 g/mol. The molecule has 0 saturated carbocycles. The molecule has 1 atom stereocenters. The Morgan fingerprint density at radius 2 is 2.07 bits per heavy atom. The maximum atomic E-state index is 6.06. The third kappa shape index (κ3) is 3.11. The van der Waals surface area contributed by atoms with Crippen molar-refractivity contribution in [3.05, 3.63) is 36.7 Å². The van der Waals surface area contributed by atoms with Crippen LogP contribution in [0.5, 0.6) is 0 Å². The van der Waals surface area contributed by atoms with Gasteiger partial charge in [0.15, 0.2) is 5.58 Å². The molecule has 0 spiro atoms. The molecule has 0 unspecified atom stereocenters. The molecule has 3 N–H and O–H groups in total. The molecule has 0 amide bonds. The van der Waals surface area contributed by atoms with Crippen molar-refractivity contribution in [2.75, 3.05) is 42.7 Å². The maximum absolute atomic E-state index is 6.06. The fourth-order valence-electron chi connectivity index (χ4n) is 3.80. The molecule has 8 heteroatoms. The van der Waals surface area contributed by atoms with Gasteiger partial charge in [-0.1, -0.05) is 0 Å². The van der Waals surface area contributed by atoms with E-state index in [0.29, 0.717) is 11.7 Å². The molecule has 29 heavy (non-hydrogen) atoms. The first-order chi connectivity index (χ1) is 14.1. The highest BCUT2D eigenvalue weighted by molar-refractivity contribution is 6.01. The quantitative estimate of drug-likeness (QED) is 0.549. The van der Waals surface area contributed by atoms with Crippen molar-refractivity contribution in [1.29, 1.82) is 0 Å². The minimum Gasteiger partial charge on any atom is -0.436 e. The molecule has 0 bridgehead atoms. The smallest absolute Gasteiger partial charge is 0.229 e. The lowest BCUT2D eigenvalue weighted by atomic mass is 10.1. The molecule has 5 rings (SSSR count). The Kier molecular flexibility index (Phi) is 4.21. The van der Waals surface area contributed by atoms with Gasteiger partial charge in [-0.25, -0.2) is 15.0 Å². The molecule has 1 fully saturated rings. The summed E-state index contributed by atoms with van der Waals surface area (Å²) < 4.78 is 11.7. The number of ether oxygens (including phenoxy) is 1. The fourth-order valence-corrected chi connectivity index (χ4v) is 3.80. The highest BCUT2D eigenvalue weighted by atomic mass is 16.5. The van der Waals surface area contributed by atoms with Gasteiger partial charge < -0.3 is 25.1 Å². The first-order valence-electron chi connectivity index (χ1n) is 9.62. The standard InChI is InChI=1S/C21H22N6O2/c1-12-11-27(5-6-28-12)13-3-4-18-17(7-13)26-21(29-18)16-10-25-20(23-2)15-9-24-19(22)8-14(15)16/h3-4,7-10,12H,5-6,11H2,1-2H3,(H2,22,24)(H,23,25)/t12-/m0/s1. The number of oxazole rings is 1. The highest BCUT2D eigenvalue weighted by Crippen LogP contribution is 2.34. The Hall–Kier alpha value is -3.39. The van der Waals surface area contributed by atoms with E-state index >= 15 is 0 Å². The van der Waals surface area contributed by atoms with Crippen molar-refractivity contribution in [2.24, 2.45) is 0 Å². The molecule has 1 aliphatic heterocycles. The van der Waals surface area contributed by atoms with E-state index < -0.39 is 0 Å². The normalized spacial score (nSPS) is 17.2. The van der Waals surface area contributed by atoms with E-state index in [0.717, 1.165) is 58.6 Å². The summed E-state index contributed by atoms with van der Waals surface area (Å²) in [4.78, 5) is 15.7. The Morgan fingerprint density at radius 1 is 1.17 bits per heavy atom. The van der Waals surface area contributed by atoms with Crippen LogP contribution in [0.25, 0.3) is 33.3 Å². The second kappa shape index (κ2) is 6.89. The first-order valence-corrected chi connectivity index (χ1v) is 9.62. The Balaban J connectivity index is 1.60. The fraction of sp³-hybridized carbons (Fsp3) is 0.286. The van der Waals surface area contributed by atoms with E-state index in [-0.39, 0.29) is 6.10 Å². The lowest BCUT2D eigenvalue weighted by Crippen LogP contribution is -2.41. The van der Waals surface area contributed by atoms with Crippen molar-refractivity contribution in [3.63, 3.8) is 0 Å². The van der Waals surface area contributed by atoms with Crippen molar-refractivity contribution in [2.45, 2.75) is 13.0 Å². The number of hydrogen-bond donors (Lipinski definition) is 2. The summed E-state index contributed by atoms with van der Waals surface area (Å²) in [6, 6.07) is 7.92. The number of pyridine rings is 2. The molecule has 4 heterocycles. The van der Waals surface area contributed by atoms with Crippen LogP contribution < -0.4 is 16.0 Å². The lowest BCUT2D eigenvalue weighted by molar-refractivity contribution is 0.0532. The average molecular weight is 390 g/mol. The SMILES string of the molecule is CNc1ncc(-c2nc3cc(N4CCO[C@@H](C)C4)ccc3o2)c2cc(N)ncc12. The number of aromatic nitrogens is 3. The van der Waals surface area contributed by atoms with Crippen LogP contribution in [0.3, 0.4) is 0 Å². The summed E-state index contributed by atoms with van der Waals surface area (Å²) >= 11 is 0. The number of benzene rings is 1. The molecule has 1 aliphatic rings. The van der Waals surface area contributed by atoms with Crippen LogP contribution >= 0.6 is 0 Å². The molecular formula is C21H22N6O2. The van der Waals surface area contributed by atoms with E-state index in [1.165, 1.54) is 0 Å². The summed E-state index contributed by atoms with van der Waals surface area (Å²) in [7, 11) is 1.82. The molecule has 1 aromatic carbocycles. The molecule has 4 aromatic rings. The van der Waals surface area contributed by atoms with E-state index in [9.17, 15) is 0 Å². The zero-order chi connectivity index (χ0) is 20.0. The van der Waals surface area contributed by atoms with E-state index in [4.69, 9.17) is 19.9 Å². The second-order valence-corrected chi connectivity index (χ2v) is 7.22. The Bertz CT molecular complexity index is 1200. The number of nitrogens with one attached hydrogen (secondary N) is 1. The van der Waals surface area contributed by atoms with Gasteiger partial charge in [0.1, 0.15) is 17.2 Å². The molecule has 0 aliphatic carbocycles. The van der Waals surface area contributed by atoms with Gasteiger partial charge in [-0.15, -0.1) is 0 Å². The minimum absolute atomic E-state index is 0.217. The summed E-state index contributed by atoms with van der Waals surface area (Å²) in [5, 5.41) is 4.84. The van der Waals surface area contributed by atoms with Gasteiger partial charge in [0, 0.05) is 49.0 Å². The zero-order valence-electron chi connectivity index (χ0n) is 16.3. The summed E-state index contributed by atoms with van der Waals surface area (Å²) in [6.07, 6.45) is 3.69. The maximum Gasteiger partial charge on any atom is 0.229 e. The molecule has 148 valence electrons. The molecule has 1 saturated heterocycles. The van der Waals surface area contributed by atoms with Crippen LogP contribution in [-0.2, 0) is 4.74 Å². The number of nitrogen functional groups attached to an aromatic ring is 1. The zero-order valence-corrected chi connectivity index (χ0v) is 16.3. The second-order valence-electron chi connectivity index (χ2n) is 7.22. The Labute approximate surface area is 167 Å². The van der Waals surface area contributed by atoms with Gasteiger partial charge >= 0.3 is 0 Å². The van der Waals surface area contributed by atoms with Crippen molar-refractivity contribution in [1.82, 2.24) is 15.0 Å². The van der Waals surface area contributed by atoms with Gasteiger partial charge in [-0.3, -0.25) is 0 Å². The number of morpholine rings is 1. The van der Waals surface area contributed by atoms with Gasteiger partial charge in [-0.2, -0.15) is 0 Å². The Morgan fingerprint density at radius 3 is 2.90 bits per heavy atom. The number of nitrogens with two attached hydrogens (primary N) is 1.